The Balaban J connectivity index is 0.00000361. The van der Waals surface area contributed by atoms with Crippen molar-refractivity contribution in [2.24, 2.45) is 5.92 Å². The van der Waals surface area contributed by atoms with Gasteiger partial charge < -0.3 is 9.30 Å². The highest BCUT2D eigenvalue weighted by molar-refractivity contribution is 5.85. The smallest absolute Gasteiger partial charge is 0.449 e. The van der Waals surface area contributed by atoms with Crippen molar-refractivity contribution in [2.75, 3.05) is 26.7 Å². The fourth-order valence-corrected chi connectivity index (χ4v) is 4.54. The van der Waals surface area contributed by atoms with Gasteiger partial charge in [-0.2, -0.15) is 13.2 Å². The lowest BCUT2D eigenvalue weighted by Gasteiger charge is -2.29. The summed E-state index contributed by atoms with van der Waals surface area (Å²) in [6, 6.07) is 9.19. The van der Waals surface area contributed by atoms with Crippen molar-refractivity contribution < 1.29 is 22.7 Å². The van der Waals surface area contributed by atoms with E-state index in [0.717, 1.165) is 48.2 Å². The summed E-state index contributed by atoms with van der Waals surface area (Å²) in [5, 5.41) is 0. The standard InChI is InChI=1S/C26H29F3N4O2.ClH/c1-17-15-18(2)30-23-22(17)31-25(26(27,28)29)33(23)16-20-8-6-19(7-9-20)5-4-12-32-13-10-21(11-14-32)24(34)35-3;/h4-9,15,21H,10-14,16H2,1-3H3;1H/b5-4+;. The average molecular weight is 523 g/mol. The van der Waals surface area contributed by atoms with Crippen molar-refractivity contribution in [1.82, 2.24) is 19.4 Å². The number of esters is 1. The molecule has 0 bridgehead atoms. The summed E-state index contributed by atoms with van der Waals surface area (Å²) in [4.78, 5) is 22.1. The number of aromatic nitrogens is 3. The Labute approximate surface area is 214 Å². The fraction of sp³-hybridized carbons (Fsp3) is 0.423. The lowest BCUT2D eigenvalue weighted by Crippen LogP contribution is -2.36. The largest absolute Gasteiger partial charge is 0.469 e. The Hall–Kier alpha value is -2.91. The quantitative estimate of drug-likeness (QED) is 0.404. The summed E-state index contributed by atoms with van der Waals surface area (Å²) >= 11 is 0. The number of rotatable bonds is 6. The van der Waals surface area contributed by atoms with Crippen LogP contribution in [0.15, 0.2) is 36.4 Å². The van der Waals surface area contributed by atoms with Crippen LogP contribution in [0.1, 0.15) is 41.1 Å². The molecule has 1 aliphatic heterocycles. The predicted molar refractivity (Wildman–Crippen MR) is 135 cm³/mol. The Kier molecular flexibility index (Phi) is 8.79. The minimum Gasteiger partial charge on any atom is -0.469 e. The molecule has 1 aromatic carbocycles. The van der Waals surface area contributed by atoms with Crippen LogP contribution in [0.2, 0.25) is 0 Å². The number of pyridine rings is 1. The number of aryl methyl sites for hydroxylation is 2. The fourth-order valence-electron chi connectivity index (χ4n) is 4.54. The molecule has 0 aliphatic carbocycles. The van der Waals surface area contributed by atoms with Crippen LogP contribution in [0.3, 0.4) is 0 Å². The first-order valence-corrected chi connectivity index (χ1v) is 11.6. The number of methoxy groups -OCH3 is 1. The molecule has 10 heteroatoms. The van der Waals surface area contributed by atoms with E-state index in [1.165, 1.54) is 7.11 Å². The van der Waals surface area contributed by atoms with Crippen molar-refractivity contribution in [3.63, 3.8) is 0 Å². The van der Waals surface area contributed by atoms with Gasteiger partial charge in [-0.05, 0) is 62.5 Å². The molecule has 1 fully saturated rings. The van der Waals surface area contributed by atoms with E-state index in [9.17, 15) is 18.0 Å². The Morgan fingerprint density at radius 3 is 2.42 bits per heavy atom. The number of hydrogen-bond acceptors (Lipinski definition) is 5. The van der Waals surface area contributed by atoms with E-state index in [0.29, 0.717) is 11.3 Å². The van der Waals surface area contributed by atoms with Crippen LogP contribution < -0.4 is 0 Å². The van der Waals surface area contributed by atoms with E-state index in [2.05, 4.69) is 20.9 Å². The van der Waals surface area contributed by atoms with Gasteiger partial charge in [0.15, 0.2) is 5.65 Å². The second-order valence-corrected chi connectivity index (χ2v) is 9.01. The van der Waals surface area contributed by atoms with Gasteiger partial charge in [-0.15, -0.1) is 12.4 Å². The number of likely N-dealkylation sites (tertiary alicyclic amines) is 1. The summed E-state index contributed by atoms with van der Waals surface area (Å²) in [7, 11) is 1.42. The predicted octanol–water partition coefficient (Wildman–Crippen LogP) is 5.44. The molecule has 4 rings (SSSR count). The van der Waals surface area contributed by atoms with Gasteiger partial charge in [0.1, 0.15) is 5.52 Å². The summed E-state index contributed by atoms with van der Waals surface area (Å²) in [5.74, 6) is -1.08. The molecule has 0 amide bonds. The minimum absolute atomic E-state index is 0. The van der Waals surface area contributed by atoms with Gasteiger partial charge in [0.25, 0.3) is 0 Å². The summed E-state index contributed by atoms with van der Waals surface area (Å²) in [6.45, 7) is 6.00. The summed E-state index contributed by atoms with van der Waals surface area (Å²) in [6.07, 6.45) is 1.08. The molecule has 0 spiro atoms. The zero-order chi connectivity index (χ0) is 25.2. The van der Waals surface area contributed by atoms with Crippen LogP contribution in [0.4, 0.5) is 13.2 Å². The van der Waals surface area contributed by atoms with Crippen LogP contribution in [0, 0.1) is 19.8 Å². The molecule has 2 aromatic heterocycles. The van der Waals surface area contributed by atoms with Crippen molar-refractivity contribution in [3.05, 3.63) is 64.6 Å². The molecule has 0 saturated carbocycles. The number of nitrogens with zero attached hydrogens (tertiary/aromatic N) is 4. The van der Waals surface area contributed by atoms with Crippen LogP contribution in [-0.2, 0) is 22.3 Å². The number of hydrogen-bond donors (Lipinski definition) is 0. The molecule has 0 unspecified atom stereocenters. The number of carbonyl (C=O) groups excluding carboxylic acids is 1. The normalized spacial score (nSPS) is 15.4. The molecule has 36 heavy (non-hydrogen) atoms. The molecule has 0 radical (unpaired) electrons. The topological polar surface area (TPSA) is 60.2 Å². The highest BCUT2D eigenvalue weighted by atomic mass is 35.5. The first-order chi connectivity index (χ1) is 16.7. The van der Waals surface area contributed by atoms with E-state index >= 15 is 0 Å². The van der Waals surface area contributed by atoms with Crippen LogP contribution >= 0.6 is 12.4 Å². The van der Waals surface area contributed by atoms with Gasteiger partial charge in [0.2, 0.25) is 5.82 Å². The molecule has 3 aromatic rings. The second kappa shape index (κ2) is 11.4. The number of benzene rings is 1. The highest BCUT2D eigenvalue weighted by Gasteiger charge is 2.38. The third kappa shape index (κ3) is 6.25. The summed E-state index contributed by atoms with van der Waals surface area (Å²) in [5.41, 5.74) is 3.55. The monoisotopic (exact) mass is 522 g/mol. The maximum Gasteiger partial charge on any atom is 0.449 e. The van der Waals surface area contributed by atoms with E-state index in [1.54, 1.807) is 19.9 Å². The van der Waals surface area contributed by atoms with Gasteiger partial charge >= 0.3 is 12.1 Å². The number of carbonyl (C=O) groups is 1. The third-order valence-corrected chi connectivity index (χ3v) is 6.39. The van der Waals surface area contributed by atoms with Crippen molar-refractivity contribution in [1.29, 1.82) is 0 Å². The van der Waals surface area contributed by atoms with Crippen molar-refractivity contribution in [2.45, 2.75) is 39.4 Å². The molecule has 1 saturated heterocycles. The molecule has 0 atom stereocenters. The summed E-state index contributed by atoms with van der Waals surface area (Å²) < 4.78 is 47.1. The van der Waals surface area contributed by atoms with Crippen LogP contribution in [0.5, 0.6) is 0 Å². The van der Waals surface area contributed by atoms with E-state index < -0.39 is 12.0 Å². The molecular formula is C26H30ClF3N4O2. The minimum atomic E-state index is -4.57. The molecular weight excluding hydrogens is 493 g/mol. The van der Waals surface area contributed by atoms with E-state index in [1.807, 2.05) is 30.3 Å². The number of ether oxygens (including phenoxy) is 1. The average Bonchev–Trinajstić information content (AvgIpc) is 3.19. The van der Waals surface area contributed by atoms with Crippen molar-refractivity contribution >= 4 is 35.6 Å². The zero-order valence-electron chi connectivity index (χ0n) is 20.5. The Bertz CT molecular complexity index is 1230. The lowest BCUT2D eigenvalue weighted by atomic mass is 9.97. The van der Waals surface area contributed by atoms with Gasteiger partial charge in [-0.3, -0.25) is 9.69 Å². The SMILES string of the molecule is COC(=O)C1CCN(C/C=C/c2ccc(Cn3c(C(F)(F)F)nc4c(C)cc(C)nc43)cc2)CC1.Cl. The molecule has 0 N–H and O–H groups in total. The van der Waals surface area contributed by atoms with Gasteiger partial charge in [-0.1, -0.05) is 36.4 Å². The zero-order valence-corrected chi connectivity index (χ0v) is 21.3. The number of alkyl halides is 3. The molecule has 1 aliphatic rings. The molecule has 3 heterocycles. The highest BCUT2D eigenvalue weighted by Crippen LogP contribution is 2.32. The van der Waals surface area contributed by atoms with Gasteiger partial charge in [-0.25, -0.2) is 9.97 Å². The first-order valence-electron chi connectivity index (χ1n) is 11.6. The number of piperidine rings is 1. The maximum absolute atomic E-state index is 13.7. The maximum atomic E-state index is 13.7. The van der Waals surface area contributed by atoms with Crippen molar-refractivity contribution in [3.8, 4) is 0 Å². The molecule has 194 valence electrons. The van der Waals surface area contributed by atoms with E-state index in [4.69, 9.17) is 4.74 Å². The molecule has 6 nitrogen and oxygen atoms in total. The van der Waals surface area contributed by atoms with E-state index in [-0.39, 0.29) is 42.0 Å². The number of halogens is 4. The van der Waals surface area contributed by atoms with Gasteiger partial charge in [0.05, 0.1) is 19.6 Å². The first kappa shape index (κ1) is 27.7. The Morgan fingerprint density at radius 1 is 1.14 bits per heavy atom. The van der Waals surface area contributed by atoms with Gasteiger partial charge in [0, 0.05) is 12.2 Å². The lowest BCUT2D eigenvalue weighted by molar-refractivity contribution is -0.147. The number of imidazole rings is 1. The Morgan fingerprint density at radius 2 is 1.81 bits per heavy atom. The second-order valence-electron chi connectivity index (χ2n) is 9.01. The third-order valence-electron chi connectivity index (χ3n) is 6.39. The number of fused-ring (bicyclic) bond motifs is 1. The van der Waals surface area contributed by atoms with Crippen LogP contribution in [-0.4, -0.2) is 52.1 Å². The van der Waals surface area contributed by atoms with Crippen LogP contribution in [0.25, 0.3) is 17.2 Å².